The van der Waals surface area contributed by atoms with Gasteiger partial charge in [-0.05, 0) is 51.3 Å². The fourth-order valence-electron chi connectivity index (χ4n) is 4.46. The van der Waals surface area contributed by atoms with Gasteiger partial charge in [0.25, 0.3) is 5.91 Å². The number of halogens is 3. The van der Waals surface area contributed by atoms with Gasteiger partial charge in [0.2, 0.25) is 5.91 Å². The quantitative estimate of drug-likeness (QED) is 0.535. The molecule has 0 bridgehead atoms. The standard InChI is InChI=1S/C28H44F3N3O5/c1-19-16-34(20(2)18-35)27(37)23-15-22(32(4)5)10-11-24(23)39-21(3)9-7-8-14-38-25(19)17-33(6)26(36)12-13-28(29,30)31/h10-11,15,19-21,25,35H,7-9,12-14,16-18H2,1-6H3/t19-,20-,21-,25+/m0/s1. The van der Waals surface area contributed by atoms with Crippen LogP contribution in [0.4, 0.5) is 18.9 Å². The van der Waals surface area contributed by atoms with Crippen LogP contribution >= 0.6 is 0 Å². The van der Waals surface area contributed by atoms with Crippen molar-refractivity contribution in [3.05, 3.63) is 23.8 Å². The Morgan fingerprint density at radius 3 is 2.51 bits per heavy atom. The molecule has 1 aliphatic rings. The normalized spacial score (nSPS) is 22.4. The molecule has 8 nitrogen and oxygen atoms in total. The van der Waals surface area contributed by atoms with E-state index in [0.717, 1.165) is 24.9 Å². The van der Waals surface area contributed by atoms with E-state index in [1.807, 2.05) is 38.9 Å². The van der Waals surface area contributed by atoms with E-state index in [4.69, 9.17) is 9.47 Å². The second-order valence-electron chi connectivity index (χ2n) is 10.8. The second-order valence-corrected chi connectivity index (χ2v) is 10.8. The molecule has 0 unspecified atom stereocenters. The van der Waals surface area contributed by atoms with E-state index in [1.165, 1.54) is 11.9 Å². The molecule has 1 aromatic rings. The molecule has 0 spiro atoms. The molecule has 0 fully saturated rings. The monoisotopic (exact) mass is 559 g/mol. The number of fused-ring (bicyclic) bond motifs is 1. The summed E-state index contributed by atoms with van der Waals surface area (Å²) in [5.74, 6) is -0.736. The molecule has 4 atom stereocenters. The molecule has 222 valence electrons. The average molecular weight is 560 g/mol. The number of likely N-dealkylation sites (N-methyl/N-ethyl adjacent to an activating group) is 1. The summed E-state index contributed by atoms with van der Waals surface area (Å²) >= 11 is 0. The number of amides is 2. The zero-order valence-electron chi connectivity index (χ0n) is 24.0. The molecule has 1 aromatic carbocycles. The zero-order chi connectivity index (χ0) is 29.3. The van der Waals surface area contributed by atoms with Crippen LogP contribution in [0, 0.1) is 5.92 Å². The number of rotatable bonds is 7. The lowest BCUT2D eigenvalue weighted by Crippen LogP contribution is -2.48. The SMILES string of the molecule is C[C@H]1CCCCO[C@H](CN(C)C(=O)CCC(F)(F)F)[C@@H](C)CN([C@@H](C)CO)C(=O)c2cc(N(C)C)ccc2O1. The van der Waals surface area contributed by atoms with Crippen LogP contribution in [-0.4, -0.2) is 98.6 Å². The first kappa shape index (κ1) is 32.7. The van der Waals surface area contributed by atoms with Gasteiger partial charge in [0.05, 0.1) is 36.8 Å². The van der Waals surface area contributed by atoms with Gasteiger partial charge in [-0.25, -0.2) is 0 Å². The fourth-order valence-corrected chi connectivity index (χ4v) is 4.46. The molecule has 2 rings (SSSR count). The molecular weight excluding hydrogens is 515 g/mol. The minimum atomic E-state index is -4.41. The lowest BCUT2D eigenvalue weighted by atomic mass is 10.0. The Morgan fingerprint density at radius 2 is 1.90 bits per heavy atom. The number of carbonyl (C=O) groups excluding carboxylic acids is 2. The maximum Gasteiger partial charge on any atom is 0.389 e. The van der Waals surface area contributed by atoms with E-state index in [2.05, 4.69) is 0 Å². The van der Waals surface area contributed by atoms with Crippen molar-refractivity contribution < 1.29 is 37.3 Å². The number of nitrogens with zero attached hydrogens (tertiary/aromatic N) is 3. The predicted octanol–water partition coefficient (Wildman–Crippen LogP) is 4.35. The molecule has 0 aliphatic carbocycles. The van der Waals surface area contributed by atoms with Crippen molar-refractivity contribution in [2.75, 3.05) is 52.3 Å². The number of aliphatic hydroxyl groups is 1. The summed E-state index contributed by atoms with van der Waals surface area (Å²) < 4.78 is 50.3. The molecule has 0 radical (unpaired) electrons. The Bertz CT molecular complexity index is 944. The first-order valence-corrected chi connectivity index (χ1v) is 13.6. The number of anilines is 1. The van der Waals surface area contributed by atoms with Gasteiger partial charge in [-0.1, -0.05) is 6.92 Å². The largest absolute Gasteiger partial charge is 0.490 e. The Kier molecular flexibility index (Phi) is 12.4. The smallest absolute Gasteiger partial charge is 0.389 e. The van der Waals surface area contributed by atoms with Crippen LogP contribution in [0.1, 0.15) is 63.2 Å². The highest BCUT2D eigenvalue weighted by atomic mass is 19.4. The minimum absolute atomic E-state index is 0.0915. The molecule has 2 amide bonds. The van der Waals surface area contributed by atoms with E-state index < -0.39 is 37.1 Å². The molecule has 0 saturated heterocycles. The number of alkyl halides is 3. The van der Waals surface area contributed by atoms with E-state index in [0.29, 0.717) is 17.9 Å². The fraction of sp³-hybridized carbons (Fsp3) is 0.714. The highest BCUT2D eigenvalue weighted by molar-refractivity contribution is 5.98. The summed E-state index contributed by atoms with van der Waals surface area (Å²) in [6.07, 6.45) is -4.59. The molecule has 11 heteroatoms. The third kappa shape index (κ3) is 10.2. The number of carbonyl (C=O) groups is 2. The Morgan fingerprint density at radius 1 is 1.21 bits per heavy atom. The van der Waals surface area contributed by atoms with Crippen molar-refractivity contribution in [3.8, 4) is 5.75 Å². The van der Waals surface area contributed by atoms with Gasteiger partial charge in [0.1, 0.15) is 5.75 Å². The van der Waals surface area contributed by atoms with Crippen LogP contribution < -0.4 is 9.64 Å². The van der Waals surface area contributed by atoms with Crippen molar-refractivity contribution in [2.45, 2.75) is 77.3 Å². The number of aliphatic hydroxyl groups excluding tert-OH is 1. The second kappa shape index (κ2) is 14.7. The van der Waals surface area contributed by atoms with Crippen molar-refractivity contribution in [1.29, 1.82) is 0 Å². The number of hydrogen-bond acceptors (Lipinski definition) is 6. The van der Waals surface area contributed by atoms with Crippen LogP contribution in [0.25, 0.3) is 0 Å². The molecule has 1 heterocycles. The van der Waals surface area contributed by atoms with Gasteiger partial charge < -0.3 is 29.3 Å². The van der Waals surface area contributed by atoms with Crippen molar-refractivity contribution >= 4 is 17.5 Å². The van der Waals surface area contributed by atoms with Crippen LogP contribution in [0.15, 0.2) is 18.2 Å². The maximum atomic E-state index is 14.0. The molecule has 0 aromatic heterocycles. The first-order valence-electron chi connectivity index (χ1n) is 13.6. The third-order valence-corrected chi connectivity index (χ3v) is 7.05. The van der Waals surface area contributed by atoms with E-state index >= 15 is 0 Å². The number of hydrogen-bond donors (Lipinski definition) is 1. The predicted molar refractivity (Wildman–Crippen MR) is 144 cm³/mol. The summed E-state index contributed by atoms with van der Waals surface area (Å²) in [6.45, 7) is 6.00. The van der Waals surface area contributed by atoms with Crippen LogP contribution in [-0.2, 0) is 9.53 Å². The molecule has 1 aliphatic heterocycles. The summed E-state index contributed by atoms with van der Waals surface area (Å²) in [5.41, 5.74) is 1.21. The zero-order valence-corrected chi connectivity index (χ0v) is 24.0. The van der Waals surface area contributed by atoms with E-state index in [1.54, 1.807) is 24.0 Å². The topological polar surface area (TPSA) is 82.6 Å². The summed E-state index contributed by atoms with van der Waals surface area (Å²) in [4.78, 5) is 31.1. The lowest BCUT2D eigenvalue weighted by Gasteiger charge is -2.36. The summed E-state index contributed by atoms with van der Waals surface area (Å²) in [6, 6.07) is 4.94. The molecule has 0 saturated carbocycles. The third-order valence-electron chi connectivity index (χ3n) is 7.05. The van der Waals surface area contributed by atoms with Gasteiger partial charge >= 0.3 is 6.18 Å². The van der Waals surface area contributed by atoms with Crippen molar-refractivity contribution in [2.24, 2.45) is 5.92 Å². The van der Waals surface area contributed by atoms with Gasteiger partial charge in [0.15, 0.2) is 0 Å². The number of ether oxygens (including phenoxy) is 2. The van der Waals surface area contributed by atoms with Gasteiger partial charge in [0, 0.05) is 58.9 Å². The molecular formula is C28H44F3N3O5. The highest BCUT2D eigenvalue weighted by Gasteiger charge is 2.32. The summed E-state index contributed by atoms with van der Waals surface area (Å²) in [7, 11) is 5.23. The van der Waals surface area contributed by atoms with E-state index in [-0.39, 0.29) is 37.6 Å². The Labute approximate surface area is 230 Å². The maximum absolute atomic E-state index is 14.0. The average Bonchev–Trinajstić information content (AvgIpc) is 2.87. The van der Waals surface area contributed by atoms with Crippen LogP contribution in [0.5, 0.6) is 5.75 Å². The van der Waals surface area contributed by atoms with Gasteiger partial charge in [-0.3, -0.25) is 9.59 Å². The number of benzene rings is 1. The van der Waals surface area contributed by atoms with Crippen LogP contribution in [0.3, 0.4) is 0 Å². The Balaban J connectivity index is 2.38. The Hall–Kier alpha value is -2.53. The van der Waals surface area contributed by atoms with Crippen molar-refractivity contribution in [3.63, 3.8) is 0 Å². The molecule has 1 N–H and O–H groups in total. The minimum Gasteiger partial charge on any atom is -0.490 e. The highest BCUT2D eigenvalue weighted by Crippen LogP contribution is 2.29. The lowest BCUT2D eigenvalue weighted by molar-refractivity contribution is -0.149. The summed E-state index contributed by atoms with van der Waals surface area (Å²) in [5, 5.41) is 9.99. The first-order chi connectivity index (χ1) is 18.2. The van der Waals surface area contributed by atoms with Gasteiger partial charge in [-0.2, -0.15) is 13.2 Å². The van der Waals surface area contributed by atoms with E-state index in [9.17, 15) is 27.9 Å². The van der Waals surface area contributed by atoms with Gasteiger partial charge in [-0.15, -0.1) is 0 Å². The van der Waals surface area contributed by atoms with Crippen molar-refractivity contribution in [1.82, 2.24) is 9.80 Å². The van der Waals surface area contributed by atoms with Crippen LogP contribution in [0.2, 0.25) is 0 Å². The molecule has 39 heavy (non-hydrogen) atoms.